The number of benzene rings is 1. The summed E-state index contributed by atoms with van der Waals surface area (Å²) in [4.78, 5) is 21.8. The van der Waals surface area contributed by atoms with Gasteiger partial charge in [0.1, 0.15) is 17.4 Å². The Hall–Kier alpha value is -3.47. The van der Waals surface area contributed by atoms with Crippen molar-refractivity contribution < 1.29 is 29.1 Å². The molecule has 3 heterocycles. The van der Waals surface area contributed by atoms with Gasteiger partial charge in [0.2, 0.25) is 0 Å². The van der Waals surface area contributed by atoms with Gasteiger partial charge in [-0.05, 0) is 62.4 Å². The molecule has 1 N–H and O–H groups in total. The van der Waals surface area contributed by atoms with Crippen LogP contribution in [0.1, 0.15) is 65.7 Å². The van der Waals surface area contributed by atoms with Crippen LogP contribution >= 0.6 is 0 Å². The van der Waals surface area contributed by atoms with Crippen molar-refractivity contribution in [3.63, 3.8) is 0 Å². The largest absolute Gasteiger partial charge is 0.418 e. The van der Waals surface area contributed by atoms with Gasteiger partial charge >= 0.3 is 6.18 Å². The highest BCUT2D eigenvalue weighted by atomic mass is 32.2. The van der Waals surface area contributed by atoms with Crippen LogP contribution in [0, 0.1) is 0 Å². The molecule has 11 heteroatoms. The molecule has 0 radical (unpaired) electrons. The topological polar surface area (TPSA) is 92.3 Å². The number of sulfonamides is 1. The van der Waals surface area contributed by atoms with E-state index in [1.807, 2.05) is 4.90 Å². The third-order valence-electron chi connectivity index (χ3n) is 6.56. The second kappa shape index (κ2) is 12.8. The van der Waals surface area contributed by atoms with Gasteiger partial charge in [-0.15, -0.1) is 0 Å². The molecule has 0 saturated carbocycles. The summed E-state index contributed by atoms with van der Waals surface area (Å²) < 4.78 is 88.7. The Balaban J connectivity index is 1.81. The van der Waals surface area contributed by atoms with E-state index in [1.54, 1.807) is 12.1 Å². The van der Waals surface area contributed by atoms with E-state index in [2.05, 4.69) is 14.7 Å². The molecule has 4 bridgehead atoms. The number of rotatable bonds is 4. The minimum absolute atomic E-state index is 0.0455. The Bertz CT molecular complexity index is 1530. The highest BCUT2D eigenvalue weighted by molar-refractivity contribution is 7.92. The monoisotopic (exact) mass is 576 g/mol. The first-order valence-corrected chi connectivity index (χ1v) is 14.7. The summed E-state index contributed by atoms with van der Waals surface area (Å²) in [6, 6.07) is 12.0. The summed E-state index contributed by atoms with van der Waals surface area (Å²) in [5.74, 6) is 0.0815. The number of anilines is 2. The SMILES string of the molecule is [2H]C1([2H])CCCCCCN(CCCC(C)=O)c2cccc(n2)S(=O)(=O)Nc2ccc(C(F)(F)F)c(n2)-c2ccccc21. The van der Waals surface area contributed by atoms with Crippen molar-refractivity contribution in [2.45, 2.75) is 69.4 Å². The normalized spacial score (nSPS) is 18.2. The molecular formula is C29H33F3N4O3S. The van der Waals surface area contributed by atoms with Gasteiger partial charge in [-0.2, -0.15) is 21.6 Å². The van der Waals surface area contributed by atoms with Gasteiger partial charge in [-0.25, -0.2) is 9.97 Å². The van der Waals surface area contributed by atoms with Crippen LogP contribution in [-0.4, -0.2) is 37.3 Å². The summed E-state index contributed by atoms with van der Waals surface area (Å²) in [5.41, 5.74) is -1.68. The second-order valence-electron chi connectivity index (χ2n) is 9.71. The number of pyridine rings is 2. The van der Waals surface area contributed by atoms with Gasteiger partial charge in [0.25, 0.3) is 10.0 Å². The van der Waals surface area contributed by atoms with Crippen molar-refractivity contribution in [1.29, 1.82) is 0 Å². The van der Waals surface area contributed by atoms with E-state index in [4.69, 9.17) is 2.74 Å². The van der Waals surface area contributed by atoms with E-state index >= 15 is 0 Å². The number of aryl methyl sites for hydroxylation is 1. The number of halogens is 3. The fraction of sp³-hybridized carbons (Fsp3) is 0.414. The summed E-state index contributed by atoms with van der Waals surface area (Å²) in [5, 5.41) is -0.335. The first kappa shape index (κ1) is 26.7. The van der Waals surface area contributed by atoms with Crippen LogP contribution < -0.4 is 9.62 Å². The van der Waals surface area contributed by atoms with Gasteiger partial charge in [0, 0.05) is 27.8 Å². The molecule has 0 amide bonds. The maximum absolute atomic E-state index is 14.1. The Morgan fingerprint density at radius 2 is 1.75 bits per heavy atom. The summed E-state index contributed by atoms with van der Waals surface area (Å²) in [6.07, 6.45) is -3.08. The standard InChI is InChI=1S/C29H33F3N4O3S/c1-21(37)11-10-20-36-19-8-4-2-3-5-12-22-13-6-7-14-23(22)28-24(29(30,31)32)17-18-25(33-28)35-40(38,39)27-16-9-15-26(36)34-27/h6-7,9,13-18H,2-5,8,10-12,19-20H2,1H3,(H,33,35)/i12D2. The molecule has 1 aliphatic heterocycles. The molecule has 2 aromatic heterocycles. The maximum Gasteiger partial charge on any atom is 0.418 e. The number of carbonyl (C=O) groups excluding carboxylic acids is 1. The number of aromatic nitrogens is 2. The van der Waals surface area contributed by atoms with E-state index in [-0.39, 0.29) is 34.2 Å². The molecule has 1 aromatic carbocycles. The van der Waals surface area contributed by atoms with E-state index in [1.165, 1.54) is 37.3 Å². The fourth-order valence-electron chi connectivity index (χ4n) is 4.58. The van der Waals surface area contributed by atoms with Gasteiger partial charge in [-0.1, -0.05) is 49.6 Å². The highest BCUT2D eigenvalue weighted by Gasteiger charge is 2.35. The van der Waals surface area contributed by atoms with Crippen molar-refractivity contribution in [2.75, 3.05) is 22.7 Å². The van der Waals surface area contributed by atoms with Gasteiger partial charge in [0.05, 0.1) is 11.3 Å². The van der Waals surface area contributed by atoms with Crippen LogP contribution in [0.5, 0.6) is 0 Å². The third kappa shape index (κ3) is 7.59. The van der Waals surface area contributed by atoms with Crippen LogP contribution in [0.3, 0.4) is 0 Å². The molecule has 0 saturated heterocycles. The minimum atomic E-state index is -4.82. The average molecular weight is 577 g/mol. The third-order valence-corrected chi connectivity index (χ3v) is 7.81. The second-order valence-corrected chi connectivity index (χ2v) is 11.3. The van der Waals surface area contributed by atoms with Crippen LogP contribution in [-0.2, 0) is 27.4 Å². The highest BCUT2D eigenvalue weighted by Crippen LogP contribution is 2.38. The zero-order valence-corrected chi connectivity index (χ0v) is 23.0. The molecule has 0 aliphatic carbocycles. The molecule has 0 unspecified atom stereocenters. The zero-order valence-electron chi connectivity index (χ0n) is 24.2. The predicted molar refractivity (Wildman–Crippen MR) is 149 cm³/mol. The van der Waals surface area contributed by atoms with Crippen molar-refractivity contribution in [3.8, 4) is 11.3 Å². The molecule has 0 atom stereocenters. The molecule has 214 valence electrons. The number of nitrogens with zero attached hydrogens (tertiary/aromatic N) is 3. The summed E-state index contributed by atoms with van der Waals surface area (Å²) >= 11 is 0. The Kier molecular flexibility index (Phi) is 8.56. The minimum Gasteiger partial charge on any atom is -0.357 e. The molecule has 7 nitrogen and oxygen atoms in total. The van der Waals surface area contributed by atoms with Gasteiger partial charge < -0.3 is 9.69 Å². The zero-order chi connectivity index (χ0) is 30.5. The van der Waals surface area contributed by atoms with Crippen LogP contribution in [0.4, 0.5) is 24.8 Å². The maximum atomic E-state index is 14.1. The van der Waals surface area contributed by atoms with E-state index in [9.17, 15) is 26.4 Å². The molecule has 4 rings (SSSR count). The molecule has 0 spiro atoms. The number of hydrogen-bond donors (Lipinski definition) is 1. The lowest BCUT2D eigenvalue weighted by molar-refractivity contribution is -0.137. The number of Topliss-reactive ketones (excluding diaryl/α,β-unsaturated/α-hetero) is 1. The van der Waals surface area contributed by atoms with E-state index in [0.29, 0.717) is 44.6 Å². The number of ketones is 1. The predicted octanol–water partition coefficient (Wildman–Crippen LogP) is 6.65. The fourth-order valence-corrected chi connectivity index (χ4v) is 5.54. The lowest BCUT2D eigenvalue weighted by atomic mass is 9.96. The smallest absolute Gasteiger partial charge is 0.357 e. The number of nitrogens with one attached hydrogen (secondary N) is 1. The van der Waals surface area contributed by atoms with E-state index in [0.717, 1.165) is 25.0 Å². The number of carbonyl (C=O) groups is 1. The molecule has 3 aromatic rings. The van der Waals surface area contributed by atoms with Gasteiger partial charge in [-0.3, -0.25) is 4.72 Å². The molecular weight excluding hydrogens is 541 g/mol. The Morgan fingerprint density at radius 1 is 1.00 bits per heavy atom. The van der Waals surface area contributed by atoms with Crippen LogP contribution in [0.2, 0.25) is 0 Å². The van der Waals surface area contributed by atoms with Crippen LogP contribution in [0.15, 0.2) is 59.6 Å². The van der Waals surface area contributed by atoms with Gasteiger partial charge in [0.15, 0.2) is 5.03 Å². The first-order chi connectivity index (χ1) is 19.8. The van der Waals surface area contributed by atoms with Crippen molar-refractivity contribution in [3.05, 3.63) is 65.7 Å². The lowest BCUT2D eigenvalue weighted by Crippen LogP contribution is -2.28. The number of fused-ring (bicyclic) bond motifs is 6. The average Bonchev–Trinajstić information content (AvgIpc) is 2.92. The van der Waals surface area contributed by atoms with Crippen molar-refractivity contribution in [1.82, 2.24) is 9.97 Å². The number of alkyl halides is 3. The Labute approximate surface area is 235 Å². The van der Waals surface area contributed by atoms with Crippen LogP contribution in [0.25, 0.3) is 11.3 Å². The molecule has 0 fully saturated rings. The van der Waals surface area contributed by atoms with Crippen molar-refractivity contribution >= 4 is 27.4 Å². The summed E-state index contributed by atoms with van der Waals surface area (Å²) in [7, 11) is -4.36. The lowest BCUT2D eigenvalue weighted by Gasteiger charge is -2.24. The Morgan fingerprint density at radius 3 is 2.52 bits per heavy atom. The first-order valence-electron chi connectivity index (χ1n) is 14.2. The molecule has 40 heavy (non-hydrogen) atoms. The van der Waals surface area contributed by atoms with Crippen molar-refractivity contribution in [2.24, 2.45) is 0 Å². The van der Waals surface area contributed by atoms with E-state index < -0.39 is 33.8 Å². The molecule has 1 aliphatic rings. The number of hydrogen-bond acceptors (Lipinski definition) is 6. The summed E-state index contributed by atoms with van der Waals surface area (Å²) in [6.45, 7) is 2.54. The quantitative estimate of drug-likeness (QED) is 0.374.